The lowest BCUT2D eigenvalue weighted by Crippen LogP contribution is -2.25. The highest BCUT2D eigenvalue weighted by atomic mass is 16.5. The fraction of sp³-hybridized carbons (Fsp3) is 0.400. The van der Waals surface area contributed by atoms with Gasteiger partial charge in [0.05, 0.1) is 5.41 Å². The van der Waals surface area contributed by atoms with Crippen LogP contribution in [0, 0.1) is 5.41 Å². The molecule has 20 heavy (non-hydrogen) atoms. The van der Waals surface area contributed by atoms with Gasteiger partial charge in [-0.3, -0.25) is 9.59 Å². The molecular weight excluding hydrogens is 260 g/mol. The molecule has 0 saturated carbocycles. The molecule has 0 aliphatic heterocycles. The van der Waals surface area contributed by atoms with Gasteiger partial charge in [0, 0.05) is 5.56 Å². The van der Waals surface area contributed by atoms with Crippen molar-refractivity contribution in [3.63, 3.8) is 0 Å². The zero-order valence-electron chi connectivity index (χ0n) is 11.8. The molecular formula is C15H18O5. The molecule has 1 rings (SSSR count). The van der Waals surface area contributed by atoms with Crippen LogP contribution in [0.4, 0.5) is 0 Å². The Morgan fingerprint density at radius 3 is 2.15 bits per heavy atom. The van der Waals surface area contributed by atoms with Crippen molar-refractivity contribution in [3.8, 4) is 0 Å². The van der Waals surface area contributed by atoms with Gasteiger partial charge in [0.1, 0.15) is 6.61 Å². The topological polar surface area (TPSA) is 80.7 Å². The maximum Gasteiger partial charge on any atom is 0.377 e. The molecule has 1 N–H and O–H groups in total. The summed E-state index contributed by atoms with van der Waals surface area (Å²) in [5.74, 6) is -2.74. The number of ketones is 1. The summed E-state index contributed by atoms with van der Waals surface area (Å²) in [5.41, 5.74) is 0.271. The van der Waals surface area contributed by atoms with Crippen LogP contribution < -0.4 is 0 Å². The van der Waals surface area contributed by atoms with Crippen molar-refractivity contribution in [2.45, 2.75) is 33.8 Å². The van der Waals surface area contributed by atoms with Crippen LogP contribution in [0.25, 0.3) is 0 Å². The van der Waals surface area contributed by atoms with E-state index in [-0.39, 0.29) is 18.1 Å². The van der Waals surface area contributed by atoms with E-state index in [1.54, 1.807) is 12.1 Å². The van der Waals surface area contributed by atoms with Gasteiger partial charge >= 0.3 is 11.9 Å². The number of carboxylic acids is 1. The summed E-state index contributed by atoms with van der Waals surface area (Å²) in [4.78, 5) is 33.5. The van der Waals surface area contributed by atoms with E-state index >= 15 is 0 Å². The molecule has 0 aromatic heterocycles. The quantitative estimate of drug-likeness (QED) is 0.491. The monoisotopic (exact) mass is 278 g/mol. The third-order valence-corrected chi connectivity index (χ3v) is 3.22. The van der Waals surface area contributed by atoms with Crippen molar-refractivity contribution in [1.82, 2.24) is 0 Å². The van der Waals surface area contributed by atoms with Gasteiger partial charge in [-0.05, 0) is 25.8 Å². The molecule has 0 saturated heterocycles. The first-order valence-corrected chi connectivity index (χ1v) is 6.31. The number of benzene rings is 1. The van der Waals surface area contributed by atoms with E-state index in [0.29, 0.717) is 12.0 Å². The third-order valence-electron chi connectivity index (χ3n) is 3.22. The number of hydrogen-bond acceptors (Lipinski definition) is 4. The lowest BCUT2D eigenvalue weighted by molar-refractivity contribution is -0.155. The van der Waals surface area contributed by atoms with Gasteiger partial charge in [-0.2, -0.15) is 0 Å². The van der Waals surface area contributed by atoms with Crippen LogP contribution in [0.1, 0.15) is 43.1 Å². The minimum atomic E-state index is -1.49. The van der Waals surface area contributed by atoms with E-state index in [2.05, 4.69) is 0 Å². The van der Waals surface area contributed by atoms with Crippen molar-refractivity contribution < 1.29 is 24.2 Å². The fourth-order valence-corrected chi connectivity index (χ4v) is 1.36. The van der Waals surface area contributed by atoms with Gasteiger partial charge in [-0.25, -0.2) is 4.79 Å². The van der Waals surface area contributed by atoms with E-state index in [1.165, 1.54) is 12.1 Å². The Balaban J connectivity index is 2.65. The number of carbonyl (C=O) groups excluding carboxylic acids is 2. The molecule has 108 valence electrons. The van der Waals surface area contributed by atoms with Crippen LogP contribution in [0.15, 0.2) is 24.3 Å². The summed E-state index contributed by atoms with van der Waals surface area (Å²) >= 11 is 0. The van der Waals surface area contributed by atoms with Crippen molar-refractivity contribution >= 4 is 17.7 Å². The molecule has 1 aromatic carbocycles. The number of rotatable bonds is 6. The van der Waals surface area contributed by atoms with Crippen molar-refractivity contribution in [2.24, 2.45) is 5.41 Å². The number of Topliss-reactive ketones (excluding diaryl/α,β-unsaturated/α-hetero) is 1. The SMILES string of the molecule is CCC(C)(C)C(=O)OCc1ccc(C(=O)C(=O)O)cc1. The summed E-state index contributed by atoms with van der Waals surface area (Å²) in [7, 11) is 0. The average molecular weight is 278 g/mol. The van der Waals surface area contributed by atoms with Crippen molar-refractivity contribution in [2.75, 3.05) is 0 Å². The minimum absolute atomic E-state index is 0.0986. The molecule has 0 bridgehead atoms. The maximum absolute atomic E-state index is 11.8. The molecule has 1 aromatic rings. The van der Waals surface area contributed by atoms with Gasteiger partial charge in [0.15, 0.2) is 0 Å². The van der Waals surface area contributed by atoms with Crippen LogP contribution in [-0.2, 0) is 20.9 Å². The van der Waals surface area contributed by atoms with Crippen LogP contribution in [-0.4, -0.2) is 22.8 Å². The molecule has 0 heterocycles. The first kappa shape index (κ1) is 15.9. The largest absolute Gasteiger partial charge is 0.475 e. The van der Waals surface area contributed by atoms with Gasteiger partial charge in [-0.1, -0.05) is 31.2 Å². The van der Waals surface area contributed by atoms with Gasteiger partial charge in [-0.15, -0.1) is 0 Å². The highest BCUT2D eigenvalue weighted by Gasteiger charge is 2.26. The lowest BCUT2D eigenvalue weighted by atomic mass is 9.91. The number of aliphatic carboxylic acids is 1. The Bertz CT molecular complexity index is 514. The molecule has 0 unspecified atom stereocenters. The summed E-state index contributed by atoms with van der Waals surface area (Å²) < 4.78 is 5.19. The lowest BCUT2D eigenvalue weighted by Gasteiger charge is -2.20. The summed E-state index contributed by atoms with van der Waals surface area (Å²) in [6, 6.07) is 5.96. The summed E-state index contributed by atoms with van der Waals surface area (Å²) in [6.45, 7) is 5.63. The summed E-state index contributed by atoms with van der Waals surface area (Å²) in [6.07, 6.45) is 0.678. The maximum atomic E-state index is 11.8. The second-order valence-corrected chi connectivity index (χ2v) is 5.14. The van der Waals surface area contributed by atoms with Crippen molar-refractivity contribution in [3.05, 3.63) is 35.4 Å². The summed E-state index contributed by atoms with van der Waals surface area (Å²) in [5, 5.41) is 8.58. The molecule has 5 heteroatoms. The number of esters is 1. The number of hydrogen-bond donors (Lipinski definition) is 1. The molecule has 0 fully saturated rings. The van der Waals surface area contributed by atoms with Crippen LogP contribution in [0.2, 0.25) is 0 Å². The first-order chi connectivity index (χ1) is 9.27. The van der Waals surface area contributed by atoms with E-state index < -0.39 is 17.2 Å². The van der Waals surface area contributed by atoms with Crippen LogP contribution in [0.5, 0.6) is 0 Å². The molecule has 5 nitrogen and oxygen atoms in total. The predicted molar refractivity (Wildman–Crippen MR) is 72.3 cm³/mol. The van der Waals surface area contributed by atoms with Crippen molar-refractivity contribution in [1.29, 1.82) is 0 Å². The van der Waals surface area contributed by atoms with Gasteiger partial charge in [0.25, 0.3) is 5.78 Å². The molecule has 0 amide bonds. The number of ether oxygens (including phenoxy) is 1. The Labute approximate surface area is 117 Å². The second kappa shape index (κ2) is 6.32. The Morgan fingerprint density at radius 2 is 1.70 bits per heavy atom. The fourth-order valence-electron chi connectivity index (χ4n) is 1.36. The van der Waals surface area contributed by atoms with Gasteiger partial charge < -0.3 is 9.84 Å². The molecule has 0 spiro atoms. The van der Waals surface area contributed by atoms with Crippen LogP contribution in [0.3, 0.4) is 0 Å². The highest BCUT2D eigenvalue weighted by molar-refractivity contribution is 6.39. The number of carboxylic acid groups (broad SMARTS) is 1. The zero-order chi connectivity index (χ0) is 15.3. The molecule has 0 radical (unpaired) electrons. The molecule has 0 aliphatic rings. The van der Waals surface area contributed by atoms with E-state index in [1.807, 2.05) is 20.8 Å². The Kier molecular flexibility index (Phi) is 5.02. The smallest absolute Gasteiger partial charge is 0.377 e. The van der Waals surface area contributed by atoms with E-state index in [9.17, 15) is 14.4 Å². The number of carbonyl (C=O) groups is 3. The standard InChI is InChI=1S/C15H18O5/c1-4-15(2,3)14(19)20-9-10-5-7-11(8-6-10)12(16)13(17)18/h5-8H,4,9H2,1-3H3,(H,17,18). The Hall–Kier alpha value is -2.17. The average Bonchev–Trinajstić information content (AvgIpc) is 2.44. The van der Waals surface area contributed by atoms with Crippen LogP contribution >= 0.6 is 0 Å². The third kappa shape index (κ3) is 3.91. The van der Waals surface area contributed by atoms with Gasteiger partial charge in [0.2, 0.25) is 0 Å². The Morgan fingerprint density at radius 1 is 1.15 bits per heavy atom. The van der Waals surface area contributed by atoms with E-state index in [4.69, 9.17) is 9.84 Å². The molecule has 0 aliphatic carbocycles. The van der Waals surface area contributed by atoms with E-state index in [0.717, 1.165) is 0 Å². The normalized spacial score (nSPS) is 10.9. The minimum Gasteiger partial charge on any atom is -0.475 e. The first-order valence-electron chi connectivity index (χ1n) is 6.31. The zero-order valence-corrected chi connectivity index (χ0v) is 11.8. The highest BCUT2D eigenvalue weighted by Crippen LogP contribution is 2.22. The second-order valence-electron chi connectivity index (χ2n) is 5.14. The predicted octanol–water partition coefficient (Wildman–Crippen LogP) is 2.43. The molecule has 0 atom stereocenters.